The molecule has 2 rings (SSSR count). The van der Waals surface area contributed by atoms with E-state index in [-0.39, 0.29) is 17.5 Å². The summed E-state index contributed by atoms with van der Waals surface area (Å²) in [4.78, 5) is 30.6. The van der Waals surface area contributed by atoms with Gasteiger partial charge < -0.3 is 20.3 Å². The van der Waals surface area contributed by atoms with Gasteiger partial charge >= 0.3 is 0 Å². The summed E-state index contributed by atoms with van der Waals surface area (Å²) < 4.78 is 5.09. The second kappa shape index (κ2) is 9.53. The Kier molecular flexibility index (Phi) is 7.11. The lowest BCUT2D eigenvalue weighted by Crippen LogP contribution is -2.28. The van der Waals surface area contributed by atoms with Crippen molar-refractivity contribution in [2.75, 3.05) is 39.6 Å². The number of carbonyl (C=O) groups excluding carboxylic acids is 2. The van der Waals surface area contributed by atoms with Crippen LogP contribution in [0.25, 0.3) is 0 Å². The Morgan fingerprint density at radius 2 is 1.85 bits per heavy atom. The molecule has 0 saturated carbocycles. The van der Waals surface area contributed by atoms with Gasteiger partial charge in [-0.05, 0) is 63.5 Å². The first kappa shape index (κ1) is 19.4. The molecule has 0 spiro atoms. The number of anilines is 1. The van der Waals surface area contributed by atoms with Crippen molar-refractivity contribution in [1.29, 1.82) is 0 Å². The predicted octanol–water partition coefficient (Wildman–Crippen LogP) is 2.02. The summed E-state index contributed by atoms with van der Waals surface area (Å²) in [6.45, 7) is 1.44. The standard InChI is InChI=1S/C19H24N4O3/c1-23(2)12-4-10-21-19(25)17-13-14(9-11-20-17)18(24)22-15-5-7-16(26-3)8-6-15/h5-9,11,13H,4,10,12H2,1-3H3,(H,21,25)(H,22,24). The highest BCUT2D eigenvalue weighted by Crippen LogP contribution is 2.16. The van der Waals surface area contributed by atoms with Crippen molar-refractivity contribution in [3.63, 3.8) is 0 Å². The summed E-state index contributed by atoms with van der Waals surface area (Å²) in [5, 5.41) is 5.59. The van der Waals surface area contributed by atoms with Gasteiger partial charge in [0.05, 0.1) is 7.11 Å². The smallest absolute Gasteiger partial charge is 0.269 e. The molecule has 0 atom stereocenters. The molecule has 0 bridgehead atoms. The Labute approximate surface area is 153 Å². The second-order valence-corrected chi connectivity index (χ2v) is 6.03. The number of rotatable bonds is 8. The number of aromatic nitrogens is 1. The molecule has 0 fully saturated rings. The molecule has 2 N–H and O–H groups in total. The maximum absolute atomic E-state index is 12.4. The summed E-state index contributed by atoms with van der Waals surface area (Å²) >= 11 is 0. The van der Waals surface area contributed by atoms with E-state index < -0.39 is 0 Å². The van der Waals surface area contributed by atoms with Crippen molar-refractivity contribution < 1.29 is 14.3 Å². The summed E-state index contributed by atoms with van der Waals surface area (Å²) in [6.07, 6.45) is 2.30. The molecule has 1 heterocycles. The first-order valence-corrected chi connectivity index (χ1v) is 8.34. The first-order valence-electron chi connectivity index (χ1n) is 8.34. The van der Waals surface area contributed by atoms with E-state index in [1.54, 1.807) is 37.4 Å². The minimum absolute atomic E-state index is 0.220. The monoisotopic (exact) mass is 356 g/mol. The zero-order chi connectivity index (χ0) is 18.9. The van der Waals surface area contributed by atoms with Crippen LogP contribution in [0.2, 0.25) is 0 Å². The number of nitrogens with zero attached hydrogens (tertiary/aromatic N) is 2. The first-order chi connectivity index (χ1) is 12.5. The van der Waals surface area contributed by atoms with Crippen molar-refractivity contribution in [3.8, 4) is 5.75 Å². The van der Waals surface area contributed by atoms with Crippen LogP contribution in [0.3, 0.4) is 0 Å². The largest absolute Gasteiger partial charge is 0.497 e. The van der Waals surface area contributed by atoms with Crippen molar-refractivity contribution >= 4 is 17.5 Å². The van der Waals surface area contributed by atoms with Gasteiger partial charge in [-0.2, -0.15) is 0 Å². The maximum Gasteiger partial charge on any atom is 0.269 e. The van der Waals surface area contributed by atoms with Crippen molar-refractivity contribution in [3.05, 3.63) is 53.9 Å². The van der Waals surface area contributed by atoms with Crippen molar-refractivity contribution in [2.24, 2.45) is 0 Å². The van der Waals surface area contributed by atoms with Crippen LogP contribution in [-0.4, -0.2) is 56.0 Å². The molecular formula is C19H24N4O3. The molecule has 7 nitrogen and oxygen atoms in total. The third-order valence-electron chi connectivity index (χ3n) is 3.67. The number of pyridine rings is 1. The fraction of sp³-hybridized carbons (Fsp3) is 0.316. The van der Waals surface area contributed by atoms with Gasteiger partial charge in [0.15, 0.2) is 0 Å². The van der Waals surface area contributed by atoms with Gasteiger partial charge in [-0.3, -0.25) is 14.6 Å². The lowest BCUT2D eigenvalue weighted by molar-refractivity contribution is 0.0947. The summed E-state index contributed by atoms with van der Waals surface area (Å²) in [5.74, 6) is 0.113. The minimum atomic E-state index is -0.306. The quantitative estimate of drug-likeness (QED) is 0.707. The number of amides is 2. The topological polar surface area (TPSA) is 83.6 Å². The highest BCUT2D eigenvalue weighted by Gasteiger charge is 2.12. The molecule has 0 unspecified atom stereocenters. The van der Waals surface area contributed by atoms with Crippen LogP contribution in [0.5, 0.6) is 5.75 Å². The van der Waals surface area contributed by atoms with Gasteiger partial charge in [-0.15, -0.1) is 0 Å². The summed E-state index contributed by atoms with van der Waals surface area (Å²) in [5.41, 5.74) is 1.23. The van der Waals surface area contributed by atoms with Crippen LogP contribution in [0.4, 0.5) is 5.69 Å². The highest BCUT2D eigenvalue weighted by atomic mass is 16.5. The Morgan fingerprint density at radius 3 is 2.50 bits per heavy atom. The molecule has 0 aliphatic heterocycles. The Hall–Kier alpha value is -2.93. The zero-order valence-electron chi connectivity index (χ0n) is 15.3. The Morgan fingerprint density at radius 1 is 1.12 bits per heavy atom. The predicted molar refractivity (Wildman–Crippen MR) is 101 cm³/mol. The Bertz CT molecular complexity index is 745. The van der Waals surface area contributed by atoms with Crippen LogP contribution in [0.1, 0.15) is 27.3 Å². The molecule has 1 aromatic carbocycles. The van der Waals surface area contributed by atoms with Crippen molar-refractivity contribution in [1.82, 2.24) is 15.2 Å². The normalized spacial score (nSPS) is 10.5. The molecule has 2 amide bonds. The molecule has 0 radical (unpaired) electrons. The molecule has 7 heteroatoms. The van der Waals surface area contributed by atoms with E-state index in [4.69, 9.17) is 4.74 Å². The van der Waals surface area contributed by atoms with Crippen LogP contribution in [0.15, 0.2) is 42.6 Å². The molecule has 0 aliphatic rings. The third-order valence-corrected chi connectivity index (χ3v) is 3.67. The number of ether oxygens (including phenoxy) is 1. The van der Waals surface area contributed by atoms with Gasteiger partial charge in [-0.1, -0.05) is 0 Å². The van der Waals surface area contributed by atoms with Gasteiger partial charge in [0.1, 0.15) is 11.4 Å². The minimum Gasteiger partial charge on any atom is -0.497 e. The van der Waals surface area contributed by atoms with Crippen LogP contribution < -0.4 is 15.4 Å². The Balaban J connectivity index is 1.96. The van der Waals surface area contributed by atoms with Gasteiger partial charge in [0.25, 0.3) is 11.8 Å². The van der Waals surface area contributed by atoms with Crippen LogP contribution in [-0.2, 0) is 0 Å². The molecule has 138 valence electrons. The lowest BCUT2D eigenvalue weighted by atomic mass is 10.2. The fourth-order valence-corrected chi connectivity index (χ4v) is 2.26. The zero-order valence-corrected chi connectivity index (χ0v) is 15.3. The van der Waals surface area contributed by atoms with Crippen LogP contribution >= 0.6 is 0 Å². The molecule has 0 saturated heterocycles. The highest BCUT2D eigenvalue weighted by molar-refractivity contribution is 6.05. The van der Waals surface area contributed by atoms with E-state index in [9.17, 15) is 9.59 Å². The van der Waals surface area contributed by atoms with Crippen molar-refractivity contribution in [2.45, 2.75) is 6.42 Å². The van der Waals surface area contributed by atoms with Gasteiger partial charge in [-0.25, -0.2) is 0 Å². The average molecular weight is 356 g/mol. The number of benzene rings is 1. The number of hydrogen-bond acceptors (Lipinski definition) is 5. The van der Waals surface area contributed by atoms with E-state index in [2.05, 4.69) is 20.5 Å². The van der Waals surface area contributed by atoms with Crippen LogP contribution in [0, 0.1) is 0 Å². The molecule has 26 heavy (non-hydrogen) atoms. The SMILES string of the molecule is COc1ccc(NC(=O)c2ccnc(C(=O)NCCCN(C)C)c2)cc1. The van der Waals surface area contributed by atoms with Gasteiger partial charge in [0.2, 0.25) is 0 Å². The third kappa shape index (κ3) is 5.86. The number of nitrogens with one attached hydrogen (secondary N) is 2. The van der Waals surface area contributed by atoms with E-state index >= 15 is 0 Å². The number of hydrogen-bond donors (Lipinski definition) is 2. The van der Waals surface area contributed by atoms with E-state index in [1.165, 1.54) is 12.3 Å². The number of methoxy groups -OCH3 is 1. The molecular weight excluding hydrogens is 332 g/mol. The van der Waals surface area contributed by atoms with E-state index in [0.29, 0.717) is 23.5 Å². The fourth-order valence-electron chi connectivity index (χ4n) is 2.26. The molecule has 0 aliphatic carbocycles. The second-order valence-electron chi connectivity index (χ2n) is 6.03. The molecule has 2 aromatic rings. The number of carbonyl (C=O) groups is 2. The molecule has 1 aromatic heterocycles. The maximum atomic E-state index is 12.4. The van der Waals surface area contributed by atoms with E-state index in [0.717, 1.165) is 13.0 Å². The average Bonchev–Trinajstić information content (AvgIpc) is 2.65. The van der Waals surface area contributed by atoms with Gasteiger partial charge in [0, 0.05) is 24.0 Å². The lowest BCUT2D eigenvalue weighted by Gasteiger charge is -2.10. The summed E-state index contributed by atoms with van der Waals surface area (Å²) in [7, 11) is 5.54. The van der Waals surface area contributed by atoms with E-state index in [1.807, 2.05) is 14.1 Å². The summed E-state index contributed by atoms with van der Waals surface area (Å²) in [6, 6.07) is 10.1.